The van der Waals surface area contributed by atoms with Gasteiger partial charge in [-0.25, -0.2) is 4.98 Å². The van der Waals surface area contributed by atoms with Gasteiger partial charge in [0.25, 0.3) is 5.91 Å². The van der Waals surface area contributed by atoms with Crippen LogP contribution in [0.4, 0.5) is 0 Å². The van der Waals surface area contributed by atoms with Crippen molar-refractivity contribution in [2.24, 2.45) is 5.73 Å². The number of fused-ring (bicyclic) bond motifs is 1. The van der Waals surface area contributed by atoms with Crippen LogP contribution in [0.15, 0.2) is 54.0 Å². The number of rotatable bonds is 4. The second kappa shape index (κ2) is 5.95. The third kappa shape index (κ3) is 2.82. The minimum atomic E-state index is -0.856. The Balaban J connectivity index is 1.86. The van der Waals surface area contributed by atoms with Gasteiger partial charge < -0.3 is 11.1 Å². The molecule has 110 valence electrons. The highest BCUT2D eigenvalue weighted by Crippen LogP contribution is 2.20. The van der Waals surface area contributed by atoms with Gasteiger partial charge >= 0.3 is 0 Å². The van der Waals surface area contributed by atoms with Crippen LogP contribution in [0.25, 0.3) is 10.2 Å². The van der Waals surface area contributed by atoms with Gasteiger partial charge in [-0.3, -0.25) is 9.59 Å². The highest BCUT2D eigenvalue weighted by atomic mass is 32.1. The average Bonchev–Trinajstić information content (AvgIpc) is 3.00. The van der Waals surface area contributed by atoms with Crippen LogP contribution >= 0.6 is 11.3 Å². The van der Waals surface area contributed by atoms with Crippen LogP contribution in [0.2, 0.25) is 0 Å². The van der Waals surface area contributed by atoms with Gasteiger partial charge in [0.05, 0.1) is 15.7 Å². The Hall–Kier alpha value is -2.73. The maximum Gasteiger partial charge on any atom is 0.252 e. The van der Waals surface area contributed by atoms with Crippen molar-refractivity contribution in [2.45, 2.75) is 6.04 Å². The van der Waals surface area contributed by atoms with Gasteiger partial charge in [-0.15, -0.1) is 11.3 Å². The molecule has 0 unspecified atom stereocenters. The number of hydrogen-bond acceptors (Lipinski definition) is 4. The van der Waals surface area contributed by atoms with E-state index in [0.29, 0.717) is 11.1 Å². The summed E-state index contributed by atoms with van der Waals surface area (Å²) in [6, 6.07) is 13.3. The maximum absolute atomic E-state index is 12.4. The Morgan fingerprint density at radius 2 is 1.91 bits per heavy atom. The maximum atomic E-state index is 12.4. The number of nitrogens with one attached hydrogen (secondary N) is 1. The first-order chi connectivity index (χ1) is 10.6. The van der Waals surface area contributed by atoms with E-state index in [-0.39, 0.29) is 5.91 Å². The highest BCUT2D eigenvalue weighted by Gasteiger charge is 2.20. The van der Waals surface area contributed by atoms with E-state index in [1.807, 2.05) is 6.07 Å². The number of nitrogens with zero attached hydrogens (tertiary/aromatic N) is 1. The van der Waals surface area contributed by atoms with Crippen LogP contribution in [-0.4, -0.2) is 16.8 Å². The Labute approximate surface area is 130 Å². The van der Waals surface area contributed by atoms with Crippen LogP contribution in [0.5, 0.6) is 0 Å². The number of benzene rings is 2. The molecule has 0 aliphatic carbocycles. The third-order valence-electron chi connectivity index (χ3n) is 3.29. The quantitative estimate of drug-likeness (QED) is 0.775. The molecule has 0 fully saturated rings. The number of aromatic nitrogens is 1. The molecule has 5 nitrogen and oxygen atoms in total. The minimum absolute atomic E-state index is 0.344. The van der Waals surface area contributed by atoms with Crippen LogP contribution in [0.3, 0.4) is 0 Å². The van der Waals surface area contributed by atoms with Gasteiger partial charge in [0.2, 0.25) is 5.91 Å². The molecule has 2 aromatic carbocycles. The predicted octanol–water partition coefficient (Wildman–Crippen LogP) is 2.25. The Kier molecular flexibility index (Phi) is 3.84. The fraction of sp³-hybridized carbons (Fsp3) is 0.0625. The van der Waals surface area contributed by atoms with Gasteiger partial charge in [0.1, 0.15) is 6.04 Å². The molecule has 0 radical (unpaired) electrons. The molecular formula is C16H13N3O2S. The Morgan fingerprint density at radius 3 is 2.64 bits per heavy atom. The molecule has 1 heterocycles. The lowest BCUT2D eigenvalue weighted by molar-refractivity contribution is -0.120. The van der Waals surface area contributed by atoms with Crippen LogP contribution in [0.1, 0.15) is 22.0 Å². The molecule has 0 spiro atoms. The molecule has 3 aromatic rings. The summed E-state index contributed by atoms with van der Waals surface area (Å²) in [4.78, 5) is 28.2. The smallest absolute Gasteiger partial charge is 0.252 e. The van der Waals surface area contributed by atoms with Crippen molar-refractivity contribution in [1.82, 2.24) is 10.3 Å². The van der Waals surface area contributed by atoms with Crippen molar-refractivity contribution in [1.29, 1.82) is 0 Å². The molecule has 6 heteroatoms. The van der Waals surface area contributed by atoms with Gasteiger partial charge in [-0.1, -0.05) is 30.3 Å². The molecule has 2 amide bonds. The van der Waals surface area contributed by atoms with E-state index in [1.165, 1.54) is 11.3 Å². The fourth-order valence-electron chi connectivity index (χ4n) is 2.17. The third-order valence-corrected chi connectivity index (χ3v) is 4.08. The molecule has 0 aliphatic rings. The molecule has 22 heavy (non-hydrogen) atoms. The monoisotopic (exact) mass is 311 g/mol. The summed E-state index contributed by atoms with van der Waals surface area (Å²) < 4.78 is 0.919. The zero-order valence-corrected chi connectivity index (χ0v) is 12.3. The summed E-state index contributed by atoms with van der Waals surface area (Å²) in [5.41, 5.74) is 9.10. The first-order valence-corrected chi connectivity index (χ1v) is 7.51. The number of hydrogen-bond donors (Lipinski definition) is 2. The van der Waals surface area contributed by atoms with E-state index in [0.717, 1.165) is 10.2 Å². The van der Waals surface area contributed by atoms with E-state index in [9.17, 15) is 9.59 Å². The Morgan fingerprint density at radius 1 is 1.14 bits per heavy atom. The van der Waals surface area contributed by atoms with Crippen molar-refractivity contribution in [2.75, 3.05) is 0 Å². The lowest BCUT2D eigenvalue weighted by Crippen LogP contribution is -2.37. The molecule has 0 saturated heterocycles. The number of carbonyl (C=O) groups is 2. The zero-order chi connectivity index (χ0) is 15.5. The summed E-state index contributed by atoms with van der Waals surface area (Å²) in [7, 11) is 0. The van der Waals surface area contributed by atoms with E-state index in [1.54, 1.807) is 48.0 Å². The topological polar surface area (TPSA) is 85.1 Å². The molecule has 1 atom stereocenters. The molecule has 1 aromatic heterocycles. The van der Waals surface area contributed by atoms with E-state index in [2.05, 4.69) is 10.3 Å². The molecule has 0 bridgehead atoms. The van der Waals surface area contributed by atoms with Gasteiger partial charge in [0.15, 0.2) is 0 Å². The predicted molar refractivity (Wildman–Crippen MR) is 85.5 cm³/mol. The van der Waals surface area contributed by atoms with Crippen molar-refractivity contribution < 1.29 is 9.59 Å². The first kappa shape index (κ1) is 14.2. The van der Waals surface area contributed by atoms with Crippen molar-refractivity contribution in [3.05, 3.63) is 65.2 Å². The number of nitrogens with two attached hydrogens (primary N) is 1. The summed E-state index contributed by atoms with van der Waals surface area (Å²) in [5.74, 6) is -0.943. The van der Waals surface area contributed by atoms with E-state index < -0.39 is 11.9 Å². The number of carbonyl (C=O) groups excluding carboxylic acids is 2. The second-order valence-corrected chi connectivity index (χ2v) is 5.64. The first-order valence-electron chi connectivity index (χ1n) is 6.63. The fourth-order valence-corrected chi connectivity index (χ4v) is 2.89. The molecule has 0 aliphatic heterocycles. The molecule has 0 saturated carbocycles. The van der Waals surface area contributed by atoms with Crippen LogP contribution < -0.4 is 11.1 Å². The van der Waals surface area contributed by atoms with Crippen LogP contribution in [0, 0.1) is 0 Å². The van der Waals surface area contributed by atoms with Gasteiger partial charge in [0, 0.05) is 5.56 Å². The Bertz CT molecular complexity index is 830. The van der Waals surface area contributed by atoms with Gasteiger partial charge in [-0.2, -0.15) is 0 Å². The van der Waals surface area contributed by atoms with Gasteiger partial charge in [-0.05, 0) is 23.8 Å². The van der Waals surface area contributed by atoms with E-state index in [4.69, 9.17) is 5.73 Å². The SMILES string of the molecule is NC(=O)[C@H](NC(=O)c1ccc2ncsc2c1)c1ccccc1. The van der Waals surface area contributed by atoms with Crippen molar-refractivity contribution in [3.8, 4) is 0 Å². The number of thiazole rings is 1. The summed E-state index contributed by atoms with van der Waals surface area (Å²) in [5, 5.41) is 2.68. The van der Waals surface area contributed by atoms with Crippen LogP contribution in [-0.2, 0) is 4.79 Å². The standard InChI is InChI=1S/C16H13N3O2S/c17-15(20)14(10-4-2-1-3-5-10)19-16(21)11-6-7-12-13(8-11)22-9-18-12/h1-9,14H,(H2,17,20)(H,19,21)/t14-/m1/s1. The number of amides is 2. The lowest BCUT2D eigenvalue weighted by Gasteiger charge is -2.15. The molecule has 3 N–H and O–H groups in total. The van der Waals surface area contributed by atoms with Crippen molar-refractivity contribution in [3.63, 3.8) is 0 Å². The second-order valence-electron chi connectivity index (χ2n) is 4.75. The minimum Gasteiger partial charge on any atom is -0.368 e. The molecule has 3 rings (SSSR count). The number of primary amides is 1. The normalized spacial score (nSPS) is 12.0. The largest absolute Gasteiger partial charge is 0.368 e. The average molecular weight is 311 g/mol. The molecular weight excluding hydrogens is 298 g/mol. The lowest BCUT2D eigenvalue weighted by atomic mass is 10.1. The highest BCUT2D eigenvalue weighted by molar-refractivity contribution is 7.16. The van der Waals surface area contributed by atoms with Crippen molar-refractivity contribution >= 4 is 33.4 Å². The zero-order valence-electron chi connectivity index (χ0n) is 11.5. The summed E-state index contributed by atoms with van der Waals surface area (Å²) in [6.07, 6.45) is 0. The van der Waals surface area contributed by atoms with E-state index >= 15 is 0 Å². The summed E-state index contributed by atoms with van der Waals surface area (Å²) in [6.45, 7) is 0. The summed E-state index contributed by atoms with van der Waals surface area (Å²) >= 11 is 1.46.